The number of nitrogens with two attached hydrogens (primary N) is 1. The van der Waals surface area contributed by atoms with Crippen LogP contribution in [0.3, 0.4) is 0 Å². The lowest BCUT2D eigenvalue weighted by Crippen LogP contribution is -2.20. The van der Waals surface area contributed by atoms with E-state index in [-0.39, 0.29) is 31.0 Å². The summed E-state index contributed by atoms with van der Waals surface area (Å²) in [4.78, 5) is 18.2. The van der Waals surface area contributed by atoms with Crippen LogP contribution in [0.5, 0.6) is 11.5 Å². The number of carbonyl (C=O) groups is 1. The lowest BCUT2D eigenvalue weighted by atomic mass is 10.2. The Kier molecular flexibility index (Phi) is 6.07. The number of ether oxygens (including phenoxy) is 2. The number of carbonyl (C=O) groups excluding carboxylic acids is 1. The Bertz CT molecular complexity index is 1370. The Morgan fingerprint density at radius 3 is 2.82 bits per heavy atom. The number of thioether (sulfide) groups is 2. The number of nitrogens with one attached hydrogen (secondary N) is 1. The number of benzene rings is 2. The van der Waals surface area contributed by atoms with E-state index in [4.69, 9.17) is 19.7 Å². The number of anilines is 2. The van der Waals surface area contributed by atoms with Gasteiger partial charge in [-0.2, -0.15) is 10.1 Å². The smallest absolute Gasteiger partial charge is 0.264 e. The highest BCUT2D eigenvalue weighted by molar-refractivity contribution is 7.98. The fraction of sp³-hybridized carbons (Fsp3) is 0.182. The van der Waals surface area contributed by atoms with E-state index in [9.17, 15) is 4.79 Å². The Labute approximate surface area is 203 Å². The number of nitrogen functional groups attached to an aromatic ring is 1. The van der Waals surface area contributed by atoms with Crippen molar-refractivity contribution in [1.29, 1.82) is 0 Å². The maximum Gasteiger partial charge on any atom is 0.264 e. The second-order valence-corrected chi connectivity index (χ2v) is 8.87. The molecule has 3 N–H and O–H groups in total. The van der Waals surface area contributed by atoms with Crippen LogP contribution in [-0.4, -0.2) is 45.1 Å². The molecule has 1 amide bonds. The number of aromatic nitrogens is 4. The largest absolute Gasteiger partial charge is 0.454 e. The first-order valence-electron chi connectivity index (χ1n) is 10.1. The highest BCUT2D eigenvalue weighted by atomic mass is 32.2. The van der Waals surface area contributed by atoms with Crippen molar-refractivity contribution in [3.63, 3.8) is 0 Å². The van der Waals surface area contributed by atoms with Crippen LogP contribution in [0.1, 0.15) is 0 Å². The summed E-state index contributed by atoms with van der Waals surface area (Å²) < 4.78 is 17.7. The number of amides is 1. The van der Waals surface area contributed by atoms with Gasteiger partial charge in [0, 0.05) is 16.1 Å². The van der Waals surface area contributed by atoms with Gasteiger partial charge in [-0.25, -0.2) is 4.68 Å². The molecule has 5 rings (SSSR count). The molecule has 0 fully saturated rings. The van der Waals surface area contributed by atoms with Crippen LogP contribution < -0.4 is 20.5 Å². The van der Waals surface area contributed by atoms with Crippen molar-refractivity contribution in [2.45, 2.75) is 16.5 Å². The van der Waals surface area contributed by atoms with Gasteiger partial charge in [-0.3, -0.25) is 4.79 Å². The second kappa shape index (κ2) is 9.31. The summed E-state index contributed by atoms with van der Waals surface area (Å²) in [5.74, 6) is 1.89. The Morgan fingerprint density at radius 1 is 1.15 bits per heavy atom. The Balaban J connectivity index is 1.38. The molecular weight excluding hydrogens is 476 g/mol. The predicted octanol–water partition coefficient (Wildman–Crippen LogP) is 3.99. The third-order valence-corrected chi connectivity index (χ3v) is 6.47. The van der Waals surface area contributed by atoms with Crippen LogP contribution in [0, 0.1) is 0 Å². The molecule has 1 aliphatic heterocycles. The fourth-order valence-electron chi connectivity index (χ4n) is 3.43. The molecule has 174 valence electrons. The molecule has 0 saturated heterocycles. The van der Waals surface area contributed by atoms with Crippen LogP contribution in [0.25, 0.3) is 22.8 Å². The van der Waals surface area contributed by atoms with Crippen LogP contribution in [0.4, 0.5) is 11.5 Å². The minimum Gasteiger partial charge on any atom is -0.454 e. The summed E-state index contributed by atoms with van der Waals surface area (Å²) >= 11 is 2.97. The van der Waals surface area contributed by atoms with E-state index in [0.717, 1.165) is 4.90 Å². The molecule has 1 aliphatic rings. The summed E-state index contributed by atoms with van der Waals surface area (Å²) in [6.45, 7) is 0.117. The van der Waals surface area contributed by atoms with Gasteiger partial charge in [0.2, 0.25) is 18.5 Å². The van der Waals surface area contributed by atoms with Crippen LogP contribution in [0.2, 0.25) is 0 Å². The second-order valence-electron chi connectivity index (χ2n) is 7.20. The van der Waals surface area contributed by atoms with Gasteiger partial charge in [0.1, 0.15) is 23.0 Å². The average molecular weight is 497 g/mol. The monoisotopic (exact) mass is 496 g/mol. The maximum atomic E-state index is 12.6. The van der Waals surface area contributed by atoms with E-state index in [2.05, 4.69) is 20.6 Å². The molecular formula is C22H20N6O4S2. The van der Waals surface area contributed by atoms with Gasteiger partial charge in [0.15, 0.2) is 11.5 Å². The number of hydrogen-bond donors (Lipinski definition) is 2. The van der Waals surface area contributed by atoms with Gasteiger partial charge in [0.05, 0.1) is 0 Å². The molecule has 4 aromatic rings. The van der Waals surface area contributed by atoms with Crippen molar-refractivity contribution < 1.29 is 18.8 Å². The Hall–Kier alpha value is -3.64. The molecule has 0 atom stereocenters. The topological polar surface area (TPSA) is 130 Å². The summed E-state index contributed by atoms with van der Waals surface area (Å²) in [6, 6.07) is 13.0. The fourth-order valence-corrected chi connectivity index (χ4v) is 4.47. The van der Waals surface area contributed by atoms with E-state index in [0.29, 0.717) is 39.2 Å². The predicted molar refractivity (Wildman–Crippen MR) is 130 cm³/mol. The molecule has 0 aliphatic carbocycles. The van der Waals surface area contributed by atoms with Crippen molar-refractivity contribution in [3.05, 3.63) is 42.5 Å². The minimum atomic E-state index is -0.252. The van der Waals surface area contributed by atoms with Gasteiger partial charge in [-0.1, -0.05) is 11.2 Å². The first-order chi connectivity index (χ1) is 16.6. The Morgan fingerprint density at radius 2 is 2.00 bits per heavy atom. The molecule has 34 heavy (non-hydrogen) atoms. The normalized spacial score (nSPS) is 12.2. The summed E-state index contributed by atoms with van der Waals surface area (Å²) in [7, 11) is 0. The third-order valence-electron chi connectivity index (χ3n) is 5.07. The van der Waals surface area contributed by atoms with E-state index in [1.54, 1.807) is 23.9 Å². The number of fused-ring (bicyclic) bond motifs is 1. The molecule has 2 aromatic carbocycles. The third kappa shape index (κ3) is 4.29. The molecule has 0 saturated carbocycles. The van der Waals surface area contributed by atoms with Crippen LogP contribution in [0.15, 0.2) is 56.9 Å². The summed E-state index contributed by atoms with van der Waals surface area (Å²) in [5, 5.41) is 12.0. The van der Waals surface area contributed by atoms with Gasteiger partial charge >= 0.3 is 0 Å². The molecule has 2 aromatic heterocycles. The zero-order valence-corrected chi connectivity index (χ0v) is 19.9. The number of nitrogens with zero attached hydrogens (tertiary/aromatic N) is 4. The average Bonchev–Trinajstić information content (AvgIpc) is 3.57. The van der Waals surface area contributed by atoms with E-state index in [1.165, 1.54) is 16.4 Å². The highest BCUT2D eigenvalue weighted by Gasteiger charge is 2.24. The number of rotatable bonds is 7. The van der Waals surface area contributed by atoms with Gasteiger partial charge in [-0.15, -0.1) is 23.5 Å². The van der Waals surface area contributed by atoms with E-state index >= 15 is 0 Å². The lowest BCUT2D eigenvalue weighted by molar-refractivity contribution is -0.116. The highest BCUT2D eigenvalue weighted by Crippen LogP contribution is 2.37. The molecule has 10 nitrogen and oxygen atoms in total. The SMILES string of the molecule is CSc1cccc(NC(=O)Cn2nc(SC)c(-c3nc(-c4ccc5c(c4)OCO5)no3)c2N)c1. The van der Waals surface area contributed by atoms with Gasteiger partial charge < -0.3 is 25.0 Å². The molecule has 3 heterocycles. The summed E-state index contributed by atoms with van der Waals surface area (Å²) in [5.41, 5.74) is 8.27. The van der Waals surface area contributed by atoms with E-state index < -0.39 is 0 Å². The first kappa shape index (κ1) is 22.2. The molecule has 0 spiro atoms. The van der Waals surface area contributed by atoms with Crippen molar-refractivity contribution in [2.75, 3.05) is 30.4 Å². The van der Waals surface area contributed by atoms with Crippen LogP contribution in [-0.2, 0) is 11.3 Å². The minimum absolute atomic E-state index is 0.0634. The molecule has 0 unspecified atom stereocenters. The maximum absolute atomic E-state index is 12.6. The van der Waals surface area contributed by atoms with Gasteiger partial charge in [-0.05, 0) is 48.9 Å². The molecule has 12 heteroatoms. The van der Waals surface area contributed by atoms with E-state index in [1.807, 2.05) is 42.8 Å². The first-order valence-corrected chi connectivity index (χ1v) is 12.6. The summed E-state index contributed by atoms with van der Waals surface area (Å²) in [6.07, 6.45) is 3.84. The van der Waals surface area contributed by atoms with Crippen molar-refractivity contribution in [2.24, 2.45) is 0 Å². The zero-order valence-electron chi connectivity index (χ0n) is 18.3. The molecule has 0 bridgehead atoms. The van der Waals surface area contributed by atoms with Gasteiger partial charge in [0.25, 0.3) is 5.89 Å². The molecule has 0 radical (unpaired) electrons. The standard InChI is InChI=1S/C22H20N6O4S2/c1-33-14-5-3-4-13(9-14)24-17(29)10-28-19(23)18(22(26-28)34-2)21-25-20(27-32-21)12-6-7-15-16(8-12)31-11-30-15/h3-9H,10-11,23H2,1-2H3,(H,24,29). The van der Waals surface area contributed by atoms with Crippen molar-refractivity contribution >= 4 is 40.9 Å². The van der Waals surface area contributed by atoms with Crippen molar-refractivity contribution in [3.8, 4) is 34.3 Å². The van der Waals surface area contributed by atoms with Crippen molar-refractivity contribution in [1.82, 2.24) is 19.9 Å². The zero-order chi connectivity index (χ0) is 23.7. The lowest BCUT2D eigenvalue weighted by Gasteiger charge is -2.07. The van der Waals surface area contributed by atoms with Crippen LogP contribution >= 0.6 is 23.5 Å². The quantitative estimate of drug-likeness (QED) is 0.362. The number of hydrogen-bond acceptors (Lipinski definition) is 10.